The van der Waals surface area contributed by atoms with Crippen LogP contribution in [0.1, 0.15) is 38.5 Å². The van der Waals surface area contributed by atoms with Gasteiger partial charge in [-0.25, -0.2) is 0 Å². The maximum atomic E-state index is 12.5. The van der Waals surface area contributed by atoms with Gasteiger partial charge in [0.2, 0.25) is 0 Å². The number of anilines is 1. The minimum Gasteiger partial charge on any atom is -0.497 e. The van der Waals surface area contributed by atoms with Gasteiger partial charge in [-0.05, 0) is 19.3 Å². The molecule has 6 nitrogen and oxygen atoms in total. The first-order chi connectivity index (χ1) is 12.0. The van der Waals surface area contributed by atoms with E-state index in [0.717, 1.165) is 56.0 Å². The Morgan fingerprint density at radius 2 is 1.80 bits per heavy atom. The highest BCUT2D eigenvalue weighted by Gasteiger charge is 2.38. The van der Waals surface area contributed by atoms with E-state index in [2.05, 4.69) is 10.2 Å². The number of benzene rings is 1. The van der Waals surface area contributed by atoms with Crippen LogP contribution in [0.4, 0.5) is 5.69 Å². The van der Waals surface area contributed by atoms with Crippen molar-refractivity contribution in [1.82, 2.24) is 5.32 Å². The first kappa shape index (κ1) is 17.9. The highest BCUT2D eigenvalue weighted by molar-refractivity contribution is 5.85. The number of hydrogen-bond donors (Lipinski definition) is 2. The van der Waals surface area contributed by atoms with Gasteiger partial charge in [0.25, 0.3) is 5.91 Å². The topological polar surface area (TPSA) is 71.0 Å². The van der Waals surface area contributed by atoms with E-state index < -0.39 is 5.60 Å². The minimum atomic E-state index is -1.18. The van der Waals surface area contributed by atoms with Gasteiger partial charge < -0.3 is 24.8 Å². The molecule has 1 aromatic rings. The zero-order chi connectivity index (χ0) is 17.9. The molecule has 1 saturated carbocycles. The molecular weight excluding hydrogens is 320 g/mol. The lowest BCUT2D eigenvalue weighted by Gasteiger charge is -2.31. The van der Waals surface area contributed by atoms with E-state index in [4.69, 9.17) is 9.47 Å². The van der Waals surface area contributed by atoms with Crippen molar-refractivity contribution in [2.24, 2.45) is 0 Å². The predicted octanol–water partition coefficient (Wildman–Crippen LogP) is 2.09. The van der Waals surface area contributed by atoms with Crippen molar-refractivity contribution in [1.29, 1.82) is 0 Å². The van der Waals surface area contributed by atoms with Crippen LogP contribution < -0.4 is 19.7 Å². The van der Waals surface area contributed by atoms with Crippen molar-refractivity contribution in [3.05, 3.63) is 18.2 Å². The molecule has 2 fully saturated rings. The Labute approximate surface area is 149 Å². The van der Waals surface area contributed by atoms with Gasteiger partial charge in [0.1, 0.15) is 17.1 Å². The number of carbonyl (C=O) groups excluding carboxylic acids is 1. The summed E-state index contributed by atoms with van der Waals surface area (Å²) in [6.07, 6.45) is 4.95. The highest BCUT2D eigenvalue weighted by Crippen LogP contribution is 2.31. The summed E-state index contributed by atoms with van der Waals surface area (Å²) in [5.41, 5.74) is -0.158. The minimum absolute atomic E-state index is 0.0515. The molecule has 25 heavy (non-hydrogen) atoms. The van der Waals surface area contributed by atoms with E-state index in [1.165, 1.54) is 0 Å². The van der Waals surface area contributed by atoms with Crippen molar-refractivity contribution >= 4 is 11.6 Å². The normalized spacial score (nSPS) is 22.5. The second-order valence-corrected chi connectivity index (χ2v) is 7.07. The predicted molar refractivity (Wildman–Crippen MR) is 96.3 cm³/mol. The molecule has 1 aromatic carbocycles. The van der Waals surface area contributed by atoms with Crippen LogP contribution in [0.5, 0.6) is 11.5 Å². The quantitative estimate of drug-likeness (QED) is 0.853. The van der Waals surface area contributed by atoms with Gasteiger partial charge in [0, 0.05) is 43.0 Å². The summed E-state index contributed by atoms with van der Waals surface area (Å²) in [6, 6.07) is 5.84. The van der Waals surface area contributed by atoms with E-state index in [0.29, 0.717) is 12.8 Å². The average molecular weight is 348 g/mol. The lowest BCUT2D eigenvalue weighted by atomic mass is 9.84. The van der Waals surface area contributed by atoms with Crippen LogP contribution in [-0.4, -0.2) is 50.0 Å². The monoisotopic (exact) mass is 348 g/mol. The average Bonchev–Trinajstić information content (AvgIpc) is 3.10. The molecule has 1 amide bonds. The number of aliphatic hydroxyl groups is 1. The van der Waals surface area contributed by atoms with Crippen LogP contribution in [0.25, 0.3) is 0 Å². The fraction of sp³-hybridized carbons (Fsp3) is 0.632. The van der Waals surface area contributed by atoms with E-state index >= 15 is 0 Å². The molecule has 2 N–H and O–H groups in total. The second kappa shape index (κ2) is 7.52. The zero-order valence-corrected chi connectivity index (χ0v) is 15.1. The lowest BCUT2D eigenvalue weighted by molar-refractivity contribution is -0.143. The SMILES string of the molecule is COc1cc(OC)cc(N2CC[C@@H](NC(=O)C3(O)CCCCC3)C2)c1. The van der Waals surface area contributed by atoms with Crippen LogP contribution in [0, 0.1) is 0 Å². The van der Waals surface area contributed by atoms with E-state index in [1.54, 1.807) is 14.2 Å². The van der Waals surface area contributed by atoms with Crippen molar-refractivity contribution < 1.29 is 19.4 Å². The zero-order valence-electron chi connectivity index (χ0n) is 15.1. The van der Waals surface area contributed by atoms with Crippen molar-refractivity contribution in [3.63, 3.8) is 0 Å². The molecule has 0 spiro atoms. The summed E-state index contributed by atoms with van der Waals surface area (Å²) in [4.78, 5) is 14.7. The number of rotatable bonds is 5. The van der Waals surface area contributed by atoms with Gasteiger partial charge in [-0.2, -0.15) is 0 Å². The van der Waals surface area contributed by atoms with Crippen molar-refractivity contribution in [2.45, 2.75) is 50.2 Å². The number of ether oxygens (including phenoxy) is 2. The van der Waals surface area contributed by atoms with Gasteiger partial charge in [-0.1, -0.05) is 19.3 Å². The number of amides is 1. The number of carbonyl (C=O) groups is 1. The molecule has 1 atom stereocenters. The first-order valence-corrected chi connectivity index (χ1v) is 9.05. The number of nitrogens with zero attached hydrogens (tertiary/aromatic N) is 1. The lowest BCUT2D eigenvalue weighted by Crippen LogP contribution is -2.51. The van der Waals surface area contributed by atoms with Crippen LogP contribution in [0.15, 0.2) is 18.2 Å². The van der Waals surface area contributed by atoms with Gasteiger partial charge >= 0.3 is 0 Å². The van der Waals surface area contributed by atoms with Crippen LogP contribution >= 0.6 is 0 Å². The smallest absolute Gasteiger partial charge is 0.252 e. The number of methoxy groups -OCH3 is 2. The largest absolute Gasteiger partial charge is 0.497 e. The van der Waals surface area contributed by atoms with E-state index in [1.807, 2.05) is 18.2 Å². The van der Waals surface area contributed by atoms with Crippen LogP contribution in [0.2, 0.25) is 0 Å². The first-order valence-electron chi connectivity index (χ1n) is 9.05. The molecular formula is C19H28N2O4. The highest BCUT2D eigenvalue weighted by atomic mass is 16.5. The summed E-state index contributed by atoms with van der Waals surface area (Å²) in [7, 11) is 3.27. The van der Waals surface area contributed by atoms with Crippen molar-refractivity contribution in [2.75, 3.05) is 32.2 Å². The summed E-state index contributed by atoms with van der Waals surface area (Å²) in [6.45, 7) is 1.57. The van der Waals surface area contributed by atoms with Crippen LogP contribution in [0.3, 0.4) is 0 Å². The Hall–Kier alpha value is -1.95. The molecule has 0 aromatic heterocycles. The van der Waals surface area contributed by atoms with Gasteiger partial charge in [-0.15, -0.1) is 0 Å². The molecule has 1 aliphatic carbocycles. The molecule has 1 aliphatic heterocycles. The fourth-order valence-corrected chi connectivity index (χ4v) is 3.77. The summed E-state index contributed by atoms with van der Waals surface area (Å²) in [5.74, 6) is 1.29. The Balaban J connectivity index is 1.63. The maximum absolute atomic E-state index is 12.5. The van der Waals surface area contributed by atoms with E-state index in [-0.39, 0.29) is 11.9 Å². The third kappa shape index (κ3) is 4.00. The number of hydrogen-bond acceptors (Lipinski definition) is 5. The molecule has 0 radical (unpaired) electrons. The van der Waals surface area contributed by atoms with E-state index in [9.17, 15) is 9.90 Å². The Bertz CT molecular complexity index is 591. The van der Waals surface area contributed by atoms with Gasteiger partial charge in [-0.3, -0.25) is 4.79 Å². The molecule has 3 rings (SSSR count). The molecule has 138 valence electrons. The van der Waals surface area contributed by atoms with Gasteiger partial charge in [0.05, 0.1) is 14.2 Å². The Morgan fingerprint density at radius 3 is 2.40 bits per heavy atom. The molecule has 0 bridgehead atoms. The van der Waals surface area contributed by atoms with Crippen molar-refractivity contribution in [3.8, 4) is 11.5 Å². The van der Waals surface area contributed by atoms with Crippen LogP contribution in [-0.2, 0) is 4.79 Å². The fourth-order valence-electron chi connectivity index (χ4n) is 3.77. The summed E-state index contributed by atoms with van der Waals surface area (Å²) >= 11 is 0. The summed E-state index contributed by atoms with van der Waals surface area (Å²) in [5, 5.41) is 13.6. The maximum Gasteiger partial charge on any atom is 0.252 e. The Morgan fingerprint density at radius 1 is 1.16 bits per heavy atom. The molecule has 1 heterocycles. The Kier molecular flexibility index (Phi) is 5.37. The van der Waals surface area contributed by atoms with Gasteiger partial charge in [0.15, 0.2) is 0 Å². The number of nitrogens with one attached hydrogen (secondary N) is 1. The summed E-state index contributed by atoms with van der Waals surface area (Å²) < 4.78 is 10.7. The molecule has 6 heteroatoms. The third-order valence-corrected chi connectivity index (χ3v) is 5.33. The molecule has 0 unspecified atom stereocenters. The molecule has 2 aliphatic rings. The standard InChI is InChI=1S/C19H28N2O4/c1-24-16-10-15(11-17(12-16)25-2)21-9-6-14(13-21)20-18(22)19(23)7-4-3-5-8-19/h10-12,14,23H,3-9,13H2,1-2H3,(H,20,22)/t14-/m1/s1. The third-order valence-electron chi connectivity index (χ3n) is 5.33. The molecule has 1 saturated heterocycles. The second-order valence-electron chi connectivity index (χ2n) is 7.07.